The molecule has 3 aliphatic rings. The number of hydrogen-bond donors (Lipinski definition) is 3. The predicted octanol–water partition coefficient (Wildman–Crippen LogP) is 6.15. The number of nitrogens with one attached hydrogen (secondary N) is 2. The number of benzene rings is 1. The summed E-state index contributed by atoms with van der Waals surface area (Å²) in [5, 5.41) is 13.6. The van der Waals surface area contributed by atoms with Gasteiger partial charge in [-0.15, -0.1) is 0 Å². The van der Waals surface area contributed by atoms with Crippen LogP contribution in [-0.4, -0.2) is 37.1 Å². The maximum absolute atomic E-state index is 14.0. The van der Waals surface area contributed by atoms with Gasteiger partial charge >= 0.3 is 12.1 Å². The van der Waals surface area contributed by atoms with Crippen molar-refractivity contribution >= 4 is 22.8 Å². The Morgan fingerprint density at radius 1 is 1.03 bits per heavy atom. The van der Waals surface area contributed by atoms with Crippen LogP contribution in [0.15, 0.2) is 48.8 Å². The molecule has 0 radical (unpaired) electrons. The summed E-state index contributed by atoms with van der Waals surface area (Å²) in [5.41, 5.74) is -0.257. The number of carbonyl (C=O) groups is 1. The number of alkyl halides is 3. The van der Waals surface area contributed by atoms with E-state index in [1.54, 1.807) is 0 Å². The Labute approximate surface area is 214 Å². The minimum absolute atomic E-state index is 0.0111. The van der Waals surface area contributed by atoms with E-state index in [9.17, 15) is 27.5 Å². The number of pyridine rings is 1. The molecule has 0 aliphatic heterocycles. The maximum atomic E-state index is 14.0. The summed E-state index contributed by atoms with van der Waals surface area (Å²) in [6.45, 7) is 0. The lowest BCUT2D eigenvalue weighted by atomic mass is 9.61. The number of anilines is 1. The summed E-state index contributed by atoms with van der Waals surface area (Å²) in [7, 11) is 0. The number of aliphatic carboxylic acids is 1. The number of H-pyrrole nitrogens is 1. The van der Waals surface area contributed by atoms with Gasteiger partial charge in [0.05, 0.1) is 23.4 Å². The number of aromatic nitrogens is 4. The van der Waals surface area contributed by atoms with Crippen LogP contribution in [0.1, 0.15) is 31.2 Å². The van der Waals surface area contributed by atoms with Gasteiger partial charge in [0.15, 0.2) is 5.82 Å². The largest absolute Gasteiger partial charge is 0.481 e. The monoisotopic (exact) mass is 525 g/mol. The fraction of sp³-hybridized carbons (Fsp3) is 0.333. The highest BCUT2D eigenvalue weighted by atomic mass is 19.4. The van der Waals surface area contributed by atoms with Gasteiger partial charge < -0.3 is 15.4 Å². The van der Waals surface area contributed by atoms with E-state index in [0.29, 0.717) is 16.6 Å². The van der Waals surface area contributed by atoms with Gasteiger partial charge in [0.1, 0.15) is 17.3 Å². The Morgan fingerprint density at radius 2 is 1.76 bits per heavy atom. The lowest BCUT2D eigenvalue weighted by molar-refractivity contribution is -0.148. The molecule has 3 saturated carbocycles. The number of carboxylic acid groups (broad SMARTS) is 1. The second-order valence-electron chi connectivity index (χ2n) is 9.97. The van der Waals surface area contributed by atoms with E-state index in [4.69, 9.17) is 0 Å². The molecule has 3 fully saturated rings. The first kappa shape index (κ1) is 24.3. The minimum atomic E-state index is -4.62. The van der Waals surface area contributed by atoms with Gasteiger partial charge in [0.25, 0.3) is 0 Å². The van der Waals surface area contributed by atoms with Gasteiger partial charge in [-0.1, -0.05) is 18.2 Å². The highest BCUT2D eigenvalue weighted by molar-refractivity contribution is 5.92. The first-order valence-electron chi connectivity index (χ1n) is 12.4. The lowest BCUT2D eigenvalue weighted by Gasteiger charge is -2.47. The van der Waals surface area contributed by atoms with Gasteiger partial charge in [0, 0.05) is 34.8 Å². The quantitative estimate of drug-likeness (QED) is 0.270. The number of nitrogens with zero attached hydrogens (tertiary/aromatic N) is 3. The molecule has 0 saturated heterocycles. The van der Waals surface area contributed by atoms with Crippen LogP contribution < -0.4 is 5.32 Å². The summed E-state index contributed by atoms with van der Waals surface area (Å²) < 4.78 is 55.7. The molecule has 3 heterocycles. The number of hydrogen-bond acceptors (Lipinski definition) is 5. The predicted molar refractivity (Wildman–Crippen MR) is 132 cm³/mol. The standard InChI is InChI=1S/C27H23F4N5O2/c28-15-9-17-18(12-33-24(17)32-11-15)25-34-20(16-3-1-2-4-19(16)27(29,30)31)10-21(36-25)35-23-14-7-5-13(6-8-14)22(23)26(37)38/h1-4,9-14,22-23H,5-8H2,(H,32,33)(H,37,38)(H,34,35,36). The summed E-state index contributed by atoms with van der Waals surface area (Å²) in [4.78, 5) is 28.1. The molecule has 3 aromatic heterocycles. The molecule has 38 heavy (non-hydrogen) atoms. The van der Waals surface area contributed by atoms with Crippen LogP contribution in [-0.2, 0) is 11.0 Å². The van der Waals surface area contributed by atoms with E-state index in [0.717, 1.165) is 37.9 Å². The summed E-state index contributed by atoms with van der Waals surface area (Å²) in [5.74, 6) is -1.69. The third-order valence-electron chi connectivity index (χ3n) is 7.79. The van der Waals surface area contributed by atoms with Crippen molar-refractivity contribution in [3.63, 3.8) is 0 Å². The third kappa shape index (κ3) is 4.25. The van der Waals surface area contributed by atoms with Crippen LogP contribution in [0.4, 0.5) is 23.4 Å². The van der Waals surface area contributed by atoms with E-state index < -0.39 is 35.5 Å². The molecule has 196 valence electrons. The second kappa shape index (κ2) is 9.07. The highest BCUT2D eigenvalue weighted by Gasteiger charge is 2.47. The van der Waals surface area contributed by atoms with Crippen LogP contribution >= 0.6 is 0 Å². The molecular weight excluding hydrogens is 502 g/mol. The normalized spacial score (nSPS) is 23.1. The van der Waals surface area contributed by atoms with E-state index in [1.165, 1.54) is 36.5 Å². The number of fused-ring (bicyclic) bond motifs is 4. The van der Waals surface area contributed by atoms with Crippen LogP contribution in [0.2, 0.25) is 0 Å². The first-order chi connectivity index (χ1) is 18.2. The molecule has 1 aromatic carbocycles. The fourth-order valence-corrected chi connectivity index (χ4v) is 6.08. The van der Waals surface area contributed by atoms with Gasteiger partial charge in [0.2, 0.25) is 0 Å². The third-order valence-corrected chi connectivity index (χ3v) is 7.79. The summed E-state index contributed by atoms with van der Waals surface area (Å²) in [6.07, 6.45) is 1.39. The van der Waals surface area contributed by atoms with Crippen molar-refractivity contribution < 1.29 is 27.5 Å². The topological polar surface area (TPSA) is 104 Å². The van der Waals surface area contributed by atoms with Crippen LogP contribution in [0, 0.1) is 23.6 Å². The number of rotatable bonds is 5. The molecule has 7 nitrogen and oxygen atoms in total. The average Bonchev–Trinajstić information content (AvgIpc) is 3.31. The van der Waals surface area contributed by atoms with Crippen molar-refractivity contribution in [3.8, 4) is 22.6 Å². The molecule has 0 amide bonds. The van der Waals surface area contributed by atoms with Crippen LogP contribution in [0.25, 0.3) is 33.7 Å². The number of carboxylic acids is 1. The van der Waals surface area contributed by atoms with Crippen molar-refractivity contribution in [2.24, 2.45) is 17.8 Å². The maximum Gasteiger partial charge on any atom is 0.417 e. The zero-order chi connectivity index (χ0) is 26.6. The number of halogens is 4. The van der Waals surface area contributed by atoms with Crippen molar-refractivity contribution in [2.45, 2.75) is 37.9 Å². The second-order valence-corrected chi connectivity index (χ2v) is 9.97. The summed E-state index contributed by atoms with van der Waals surface area (Å²) in [6, 6.07) is 7.36. The zero-order valence-corrected chi connectivity index (χ0v) is 20.0. The Balaban J connectivity index is 1.51. The van der Waals surface area contributed by atoms with Crippen molar-refractivity contribution in [1.29, 1.82) is 0 Å². The Kier molecular flexibility index (Phi) is 5.81. The molecule has 11 heteroatoms. The smallest absolute Gasteiger partial charge is 0.417 e. The Hall–Kier alpha value is -4.02. The Morgan fingerprint density at radius 3 is 2.50 bits per heavy atom. The van der Waals surface area contributed by atoms with E-state index in [-0.39, 0.29) is 34.7 Å². The lowest BCUT2D eigenvalue weighted by Crippen LogP contribution is -2.51. The molecule has 2 unspecified atom stereocenters. The molecule has 2 atom stereocenters. The fourth-order valence-electron chi connectivity index (χ4n) is 6.08. The summed E-state index contributed by atoms with van der Waals surface area (Å²) >= 11 is 0. The van der Waals surface area contributed by atoms with Crippen LogP contribution in [0.3, 0.4) is 0 Å². The average molecular weight is 526 g/mol. The van der Waals surface area contributed by atoms with Crippen molar-refractivity contribution in [2.75, 3.05) is 5.32 Å². The van der Waals surface area contributed by atoms with Crippen LogP contribution in [0.5, 0.6) is 0 Å². The van der Waals surface area contributed by atoms with Crippen molar-refractivity contribution in [3.05, 3.63) is 60.2 Å². The molecule has 7 rings (SSSR count). The molecular formula is C27H23F4N5O2. The molecule has 4 aromatic rings. The van der Waals surface area contributed by atoms with Crippen molar-refractivity contribution in [1.82, 2.24) is 19.9 Å². The Bertz CT molecular complexity index is 1530. The first-order valence-corrected chi connectivity index (χ1v) is 12.4. The van der Waals surface area contributed by atoms with E-state index in [1.807, 2.05) is 0 Å². The van der Waals surface area contributed by atoms with E-state index >= 15 is 0 Å². The van der Waals surface area contributed by atoms with Gasteiger partial charge in [-0.3, -0.25) is 4.79 Å². The molecule has 3 N–H and O–H groups in total. The molecule has 3 aliphatic carbocycles. The van der Waals surface area contributed by atoms with Gasteiger partial charge in [-0.25, -0.2) is 19.3 Å². The highest BCUT2D eigenvalue weighted by Crippen LogP contribution is 2.46. The number of aromatic amines is 1. The SMILES string of the molecule is O=C(O)C1C2CCC(CC2)C1Nc1cc(-c2ccccc2C(F)(F)F)nc(-c2c[nH]c3ncc(F)cc23)n1. The van der Waals surface area contributed by atoms with Gasteiger partial charge in [-0.05, 0) is 49.7 Å². The molecule has 0 spiro atoms. The zero-order valence-electron chi connectivity index (χ0n) is 20.0. The minimum Gasteiger partial charge on any atom is -0.481 e. The van der Waals surface area contributed by atoms with Gasteiger partial charge in [-0.2, -0.15) is 13.2 Å². The van der Waals surface area contributed by atoms with E-state index in [2.05, 4.69) is 25.3 Å². The molecule has 2 bridgehead atoms.